The van der Waals surface area contributed by atoms with Gasteiger partial charge in [0.05, 0.1) is 5.56 Å². The maximum absolute atomic E-state index is 12.0. The Labute approximate surface area is 158 Å². The molecular weight excluding hydrogens is 356 g/mol. The van der Waals surface area contributed by atoms with Gasteiger partial charge < -0.3 is 9.51 Å². The van der Waals surface area contributed by atoms with Gasteiger partial charge >= 0.3 is 0 Å². The Balaban J connectivity index is 1.58. The van der Waals surface area contributed by atoms with Crippen LogP contribution in [0.15, 0.2) is 64.0 Å². The molecule has 2 aromatic carbocycles. The van der Waals surface area contributed by atoms with E-state index in [-0.39, 0.29) is 5.56 Å². The van der Waals surface area contributed by atoms with Gasteiger partial charge in [-0.2, -0.15) is 10.1 Å². The molecule has 2 N–H and O–H groups in total. The van der Waals surface area contributed by atoms with Crippen molar-refractivity contribution in [3.05, 3.63) is 70.9 Å². The molecule has 0 aliphatic carbocycles. The minimum absolute atomic E-state index is 0.159. The molecule has 0 amide bonds. The molecule has 8 nitrogen and oxygen atoms in total. The molecule has 3 heterocycles. The second kappa shape index (κ2) is 6.27. The normalized spacial score (nSPS) is 11.2. The van der Waals surface area contributed by atoms with Crippen molar-refractivity contribution in [2.75, 3.05) is 0 Å². The van der Waals surface area contributed by atoms with Crippen LogP contribution in [0.4, 0.5) is 0 Å². The molecule has 5 aromatic rings. The Morgan fingerprint density at radius 2 is 1.71 bits per heavy atom. The van der Waals surface area contributed by atoms with Crippen LogP contribution >= 0.6 is 0 Å². The topological polar surface area (TPSA) is 113 Å². The quantitative estimate of drug-likeness (QED) is 0.503. The molecular formula is C20H14N6O2. The fourth-order valence-corrected chi connectivity index (χ4v) is 3.11. The Bertz CT molecular complexity index is 1360. The van der Waals surface area contributed by atoms with Crippen LogP contribution in [0, 0.1) is 6.92 Å². The predicted molar refractivity (Wildman–Crippen MR) is 103 cm³/mol. The average molecular weight is 370 g/mol. The van der Waals surface area contributed by atoms with E-state index in [2.05, 4.69) is 30.3 Å². The second-order valence-corrected chi connectivity index (χ2v) is 6.33. The minimum Gasteiger partial charge on any atom is -0.334 e. The summed E-state index contributed by atoms with van der Waals surface area (Å²) in [6, 6.07) is 14.9. The zero-order chi connectivity index (χ0) is 19.1. The maximum atomic E-state index is 12.0. The number of nitrogens with zero attached hydrogens (tertiary/aromatic N) is 4. The number of H-pyrrole nitrogens is 2. The fourth-order valence-electron chi connectivity index (χ4n) is 3.11. The van der Waals surface area contributed by atoms with E-state index in [1.165, 1.54) is 0 Å². The molecule has 5 rings (SSSR count). The summed E-state index contributed by atoms with van der Waals surface area (Å²) >= 11 is 0. The van der Waals surface area contributed by atoms with E-state index >= 15 is 0 Å². The average Bonchev–Trinajstić information content (AvgIpc) is 3.38. The van der Waals surface area contributed by atoms with Crippen molar-refractivity contribution < 1.29 is 4.52 Å². The van der Waals surface area contributed by atoms with Crippen molar-refractivity contribution in [3.63, 3.8) is 0 Å². The molecule has 28 heavy (non-hydrogen) atoms. The first-order valence-electron chi connectivity index (χ1n) is 8.63. The van der Waals surface area contributed by atoms with Crippen LogP contribution in [0.3, 0.4) is 0 Å². The molecule has 0 radical (unpaired) electrons. The number of rotatable bonds is 3. The molecule has 0 saturated carbocycles. The van der Waals surface area contributed by atoms with Crippen LogP contribution in [0.25, 0.3) is 45.0 Å². The highest BCUT2D eigenvalue weighted by Crippen LogP contribution is 2.28. The summed E-state index contributed by atoms with van der Waals surface area (Å²) in [5, 5.41) is 12.4. The number of aryl methyl sites for hydroxylation is 1. The van der Waals surface area contributed by atoms with Crippen molar-refractivity contribution >= 4 is 10.8 Å². The molecule has 0 aliphatic rings. The molecule has 0 bridgehead atoms. The first-order chi connectivity index (χ1) is 13.7. The lowest BCUT2D eigenvalue weighted by Crippen LogP contribution is -2.05. The van der Waals surface area contributed by atoms with Crippen molar-refractivity contribution in [2.24, 2.45) is 0 Å². The lowest BCUT2D eigenvalue weighted by molar-refractivity contribution is 0.432. The lowest BCUT2D eigenvalue weighted by atomic mass is 10.1. The Hall–Kier alpha value is -4.07. The monoisotopic (exact) mass is 370 g/mol. The number of aromatic nitrogens is 6. The largest absolute Gasteiger partial charge is 0.334 e. The van der Waals surface area contributed by atoms with Crippen molar-refractivity contribution in [1.82, 2.24) is 30.3 Å². The summed E-state index contributed by atoms with van der Waals surface area (Å²) in [6.45, 7) is 1.85. The van der Waals surface area contributed by atoms with Gasteiger partial charge in [0.25, 0.3) is 11.4 Å². The molecule has 136 valence electrons. The van der Waals surface area contributed by atoms with Gasteiger partial charge in [-0.1, -0.05) is 41.6 Å². The lowest BCUT2D eigenvalue weighted by Gasteiger charge is -2.01. The smallest absolute Gasteiger partial charge is 0.260 e. The Morgan fingerprint density at radius 3 is 2.50 bits per heavy atom. The number of pyridine rings is 1. The maximum Gasteiger partial charge on any atom is 0.260 e. The molecule has 0 fully saturated rings. The van der Waals surface area contributed by atoms with Gasteiger partial charge in [-0.05, 0) is 19.1 Å². The third-order valence-electron chi connectivity index (χ3n) is 4.44. The highest BCUT2D eigenvalue weighted by Gasteiger charge is 2.15. The summed E-state index contributed by atoms with van der Waals surface area (Å²) in [6.07, 6.45) is 1.59. The molecule has 3 aromatic heterocycles. The molecule has 0 unspecified atom stereocenters. The van der Waals surface area contributed by atoms with Crippen LogP contribution in [-0.4, -0.2) is 30.3 Å². The summed E-state index contributed by atoms with van der Waals surface area (Å²) < 4.78 is 5.48. The fraction of sp³-hybridized carbons (Fsp3) is 0.0500. The predicted octanol–water partition coefficient (Wildman–Crippen LogP) is 3.34. The standard InChI is InChI=1S/C20H14N6O2/c1-11-22-17(25-24-11)12-5-4-6-13(9-12)18-23-20(28-26-18)16-10-21-19(27)15-8-3-2-7-14(15)16/h2-10H,1H3,(H,21,27)(H,22,24,25). The van der Waals surface area contributed by atoms with E-state index in [9.17, 15) is 4.79 Å². The SMILES string of the molecule is Cc1nc(-c2cccc(-c3noc(-c4c[nH]c(=O)c5ccccc45)n3)c2)n[nH]1. The van der Waals surface area contributed by atoms with Crippen LogP contribution in [0.5, 0.6) is 0 Å². The number of aromatic amines is 2. The first kappa shape index (κ1) is 16.1. The van der Waals surface area contributed by atoms with Gasteiger partial charge in [0, 0.05) is 28.1 Å². The number of hydrogen-bond donors (Lipinski definition) is 2. The van der Waals surface area contributed by atoms with Crippen LogP contribution in [0.2, 0.25) is 0 Å². The highest BCUT2D eigenvalue weighted by atomic mass is 16.5. The number of nitrogens with one attached hydrogen (secondary N) is 2. The van der Waals surface area contributed by atoms with Gasteiger partial charge in [-0.3, -0.25) is 9.89 Å². The van der Waals surface area contributed by atoms with Crippen molar-refractivity contribution in [2.45, 2.75) is 6.92 Å². The highest BCUT2D eigenvalue weighted by molar-refractivity contribution is 5.93. The van der Waals surface area contributed by atoms with E-state index in [0.29, 0.717) is 28.5 Å². The van der Waals surface area contributed by atoms with Gasteiger partial charge in [-0.25, -0.2) is 4.98 Å². The van der Waals surface area contributed by atoms with E-state index in [0.717, 1.165) is 22.3 Å². The summed E-state index contributed by atoms with van der Waals surface area (Å²) in [5.41, 5.74) is 2.15. The van der Waals surface area contributed by atoms with E-state index in [1.807, 2.05) is 49.4 Å². The molecule has 8 heteroatoms. The van der Waals surface area contributed by atoms with Gasteiger partial charge in [0.2, 0.25) is 5.82 Å². The Morgan fingerprint density at radius 1 is 0.929 bits per heavy atom. The van der Waals surface area contributed by atoms with Crippen molar-refractivity contribution in [3.8, 4) is 34.2 Å². The van der Waals surface area contributed by atoms with E-state index in [1.54, 1.807) is 12.3 Å². The molecule has 0 saturated heterocycles. The molecule has 0 spiro atoms. The van der Waals surface area contributed by atoms with Gasteiger partial charge in [0.15, 0.2) is 5.82 Å². The number of hydrogen-bond acceptors (Lipinski definition) is 6. The van der Waals surface area contributed by atoms with E-state index in [4.69, 9.17) is 4.52 Å². The summed E-state index contributed by atoms with van der Waals surface area (Å²) in [4.78, 5) is 23.6. The first-order valence-corrected chi connectivity index (χ1v) is 8.63. The zero-order valence-corrected chi connectivity index (χ0v) is 14.8. The molecule has 0 atom stereocenters. The number of fused-ring (bicyclic) bond motifs is 1. The summed E-state index contributed by atoms with van der Waals surface area (Å²) in [7, 11) is 0. The van der Waals surface area contributed by atoms with E-state index < -0.39 is 0 Å². The third kappa shape index (κ3) is 2.67. The van der Waals surface area contributed by atoms with Gasteiger partial charge in [-0.15, -0.1) is 0 Å². The van der Waals surface area contributed by atoms with Gasteiger partial charge in [0.1, 0.15) is 5.82 Å². The minimum atomic E-state index is -0.159. The zero-order valence-electron chi connectivity index (χ0n) is 14.8. The Kier molecular flexibility index (Phi) is 3.61. The van der Waals surface area contributed by atoms with Crippen molar-refractivity contribution in [1.29, 1.82) is 0 Å². The van der Waals surface area contributed by atoms with Crippen LogP contribution in [0.1, 0.15) is 5.82 Å². The van der Waals surface area contributed by atoms with Crippen LogP contribution < -0.4 is 5.56 Å². The molecule has 0 aliphatic heterocycles. The second-order valence-electron chi connectivity index (χ2n) is 6.33. The summed E-state index contributed by atoms with van der Waals surface area (Å²) in [5.74, 6) is 2.13. The van der Waals surface area contributed by atoms with Crippen LogP contribution in [-0.2, 0) is 0 Å². The number of benzene rings is 2. The third-order valence-corrected chi connectivity index (χ3v) is 4.44.